The number of hydrazone groups is 1. The summed E-state index contributed by atoms with van der Waals surface area (Å²) in [5, 5.41) is 4.84. The van der Waals surface area contributed by atoms with Crippen LogP contribution in [0.5, 0.6) is 5.75 Å². The number of rotatable bonds is 6. The molecular formula is C21H19BrN4O3S. The molecule has 2 aromatic rings. The van der Waals surface area contributed by atoms with Crippen molar-refractivity contribution in [3.8, 4) is 5.75 Å². The van der Waals surface area contributed by atoms with Gasteiger partial charge in [-0.15, -0.1) is 0 Å². The fourth-order valence-corrected chi connectivity index (χ4v) is 4.18. The molecule has 0 aliphatic carbocycles. The summed E-state index contributed by atoms with van der Waals surface area (Å²) in [5.41, 5.74) is 4.25. The van der Waals surface area contributed by atoms with Gasteiger partial charge in [0.25, 0.3) is 5.91 Å². The topological polar surface area (TPSA) is 74.2 Å². The van der Waals surface area contributed by atoms with E-state index in [9.17, 15) is 9.59 Å². The number of nitrogens with one attached hydrogen (secondary N) is 1. The number of hydrogen-bond acceptors (Lipinski definition) is 7. The SMILES string of the molecule is CCOc1ccc(N2C=CN3C(SCC(=O)c4ccc(Br)cc4)=NNC3C2=O)cc1. The van der Waals surface area contributed by atoms with Crippen molar-refractivity contribution in [1.29, 1.82) is 0 Å². The fourth-order valence-electron chi connectivity index (χ4n) is 3.05. The van der Waals surface area contributed by atoms with Crippen LogP contribution in [0.1, 0.15) is 17.3 Å². The minimum atomic E-state index is -0.633. The molecule has 1 atom stereocenters. The van der Waals surface area contributed by atoms with Gasteiger partial charge in [-0.3, -0.25) is 24.8 Å². The molecular weight excluding hydrogens is 468 g/mol. The number of thioether (sulfide) groups is 1. The Bertz CT molecular complexity index is 1010. The molecule has 0 spiro atoms. The maximum Gasteiger partial charge on any atom is 0.276 e. The van der Waals surface area contributed by atoms with Crippen LogP contribution in [0.25, 0.3) is 0 Å². The predicted octanol–water partition coefficient (Wildman–Crippen LogP) is 3.78. The Morgan fingerprint density at radius 2 is 1.90 bits per heavy atom. The van der Waals surface area contributed by atoms with Gasteiger partial charge in [-0.2, -0.15) is 5.10 Å². The third-order valence-corrected chi connectivity index (χ3v) is 6.05. The number of carbonyl (C=O) groups is 2. The zero-order valence-corrected chi connectivity index (χ0v) is 18.5. The number of carbonyl (C=O) groups excluding carboxylic acids is 2. The minimum absolute atomic E-state index is 0.00183. The summed E-state index contributed by atoms with van der Waals surface area (Å²) >= 11 is 4.66. The molecule has 2 aliphatic rings. The first-order valence-corrected chi connectivity index (χ1v) is 11.1. The summed E-state index contributed by atoms with van der Waals surface area (Å²) in [6.07, 6.45) is 2.86. The largest absolute Gasteiger partial charge is 0.494 e. The number of Topliss-reactive ketones (excluding diaryl/α,β-unsaturated/α-hetero) is 1. The number of nitrogens with zero attached hydrogens (tertiary/aromatic N) is 3. The van der Waals surface area contributed by atoms with Crippen molar-refractivity contribution in [1.82, 2.24) is 10.3 Å². The van der Waals surface area contributed by atoms with Gasteiger partial charge in [0, 0.05) is 28.1 Å². The average molecular weight is 487 g/mol. The van der Waals surface area contributed by atoms with Gasteiger partial charge in [0.15, 0.2) is 11.0 Å². The van der Waals surface area contributed by atoms with E-state index < -0.39 is 6.17 Å². The van der Waals surface area contributed by atoms with Crippen LogP contribution in [-0.2, 0) is 4.79 Å². The van der Waals surface area contributed by atoms with Crippen LogP contribution < -0.4 is 15.1 Å². The lowest BCUT2D eigenvalue weighted by Crippen LogP contribution is -2.52. The van der Waals surface area contributed by atoms with Gasteiger partial charge in [-0.05, 0) is 43.3 Å². The number of fused-ring (bicyclic) bond motifs is 1. The molecule has 7 nitrogen and oxygen atoms in total. The number of ether oxygens (including phenoxy) is 1. The van der Waals surface area contributed by atoms with Crippen LogP contribution in [0.2, 0.25) is 0 Å². The molecule has 1 N–H and O–H groups in total. The Morgan fingerprint density at radius 3 is 2.60 bits per heavy atom. The van der Waals surface area contributed by atoms with E-state index in [1.807, 2.05) is 43.3 Å². The quantitative estimate of drug-likeness (QED) is 0.626. The molecule has 0 aromatic heterocycles. The smallest absolute Gasteiger partial charge is 0.276 e. The monoisotopic (exact) mass is 486 g/mol. The lowest BCUT2D eigenvalue weighted by atomic mass is 10.2. The van der Waals surface area contributed by atoms with E-state index >= 15 is 0 Å². The van der Waals surface area contributed by atoms with Crippen molar-refractivity contribution in [2.24, 2.45) is 5.10 Å². The lowest BCUT2D eigenvalue weighted by molar-refractivity contribution is -0.122. The standard InChI is InChI=1S/C21H19BrN4O3S/c1-2-29-17-9-7-16(8-10-17)25-11-12-26-19(20(25)28)23-24-21(26)30-13-18(27)14-3-5-15(22)6-4-14/h3-12,19,23H,2,13H2,1H3. The van der Waals surface area contributed by atoms with Crippen molar-refractivity contribution in [3.05, 3.63) is 71.0 Å². The highest BCUT2D eigenvalue weighted by Crippen LogP contribution is 2.27. The van der Waals surface area contributed by atoms with Crippen molar-refractivity contribution >= 4 is 50.2 Å². The first-order chi connectivity index (χ1) is 14.6. The summed E-state index contributed by atoms with van der Waals surface area (Å²) in [7, 11) is 0. The molecule has 1 unspecified atom stereocenters. The molecule has 1 amide bonds. The van der Waals surface area contributed by atoms with E-state index in [1.54, 1.807) is 34.3 Å². The molecule has 9 heteroatoms. The maximum absolute atomic E-state index is 12.9. The second kappa shape index (κ2) is 8.93. The Labute approximate surface area is 186 Å². The third kappa shape index (κ3) is 4.22. The zero-order chi connectivity index (χ0) is 21.1. The Morgan fingerprint density at radius 1 is 1.17 bits per heavy atom. The number of halogens is 1. The van der Waals surface area contributed by atoms with Crippen molar-refractivity contribution < 1.29 is 14.3 Å². The number of benzene rings is 2. The van der Waals surface area contributed by atoms with Crippen LogP contribution in [0.3, 0.4) is 0 Å². The molecule has 2 heterocycles. The van der Waals surface area contributed by atoms with E-state index in [4.69, 9.17) is 4.74 Å². The molecule has 0 saturated carbocycles. The van der Waals surface area contributed by atoms with Crippen LogP contribution in [0.15, 0.2) is 70.5 Å². The fraction of sp³-hybridized carbons (Fsp3) is 0.190. The Hall–Kier alpha value is -2.78. The summed E-state index contributed by atoms with van der Waals surface area (Å²) in [6.45, 7) is 2.51. The van der Waals surface area contributed by atoms with Gasteiger partial charge in [0.05, 0.1) is 12.4 Å². The zero-order valence-electron chi connectivity index (χ0n) is 16.1. The van der Waals surface area contributed by atoms with Crippen LogP contribution in [-0.4, -0.2) is 40.3 Å². The predicted molar refractivity (Wildman–Crippen MR) is 121 cm³/mol. The molecule has 0 bridgehead atoms. The molecule has 0 saturated heterocycles. The molecule has 0 fully saturated rings. The normalized spacial score (nSPS) is 17.5. The third-order valence-electron chi connectivity index (χ3n) is 4.55. The summed E-state index contributed by atoms with van der Waals surface area (Å²) < 4.78 is 6.37. The second-order valence-corrected chi connectivity index (χ2v) is 8.34. The Kier molecular flexibility index (Phi) is 6.10. The number of amides is 1. The maximum atomic E-state index is 12.9. The van der Waals surface area contributed by atoms with Gasteiger partial charge in [-0.25, -0.2) is 0 Å². The molecule has 154 valence electrons. The Balaban J connectivity index is 1.40. The van der Waals surface area contributed by atoms with E-state index in [0.29, 0.717) is 17.3 Å². The number of amidine groups is 1. The average Bonchev–Trinajstić information content (AvgIpc) is 3.18. The van der Waals surface area contributed by atoms with Crippen LogP contribution in [0.4, 0.5) is 5.69 Å². The highest BCUT2D eigenvalue weighted by molar-refractivity contribution is 9.10. The van der Waals surface area contributed by atoms with E-state index in [-0.39, 0.29) is 17.4 Å². The van der Waals surface area contributed by atoms with Crippen molar-refractivity contribution in [3.63, 3.8) is 0 Å². The molecule has 2 aliphatic heterocycles. The first-order valence-electron chi connectivity index (χ1n) is 9.34. The van der Waals surface area contributed by atoms with E-state index in [1.165, 1.54) is 11.8 Å². The summed E-state index contributed by atoms with van der Waals surface area (Å²) in [6, 6.07) is 14.6. The molecule has 2 aromatic carbocycles. The summed E-state index contributed by atoms with van der Waals surface area (Å²) in [4.78, 5) is 28.7. The first kappa shape index (κ1) is 20.5. The molecule has 0 radical (unpaired) electrons. The van der Waals surface area contributed by atoms with E-state index in [0.717, 1.165) is 15.9 Å². The number of anilines is 1. The van der Waals surface area contributed by atoms with Crippen molar-refractivity contribution in [2.45, 2.75) is 13.1 Å². The number of ketones is 1. The molecule has 30 heavy (non-hydrogen) atoms. The number of hydrogen-bond donors (Lipinski definition) is 1. The summed E-state index contributed by atoms with van der Waals surface area (Å²) in [5.74, 6) is 0.839. The van der Waals surface area contributed by atoms with Crippen LogP contribution >= 0.6 is 27.7 Å². The minimum Gasteiger partial charge on any atom is -0.494 e. The highest BCUT2D eigenvalue weighted by Gasteiger charge is 2.38. The van der Waals surface area contributed by atoms with Gasteiger partial charge in [-0.1, -0.05) is 39.8 Å². The lowest BCUT2D eigenvalue weighted by Gasteiger charge is -2.31. The van der Waals surface area contributed by atoms with Gasteiger partial charge < -0.3 is 4.74 Å². The van der Waals surface area contributed by atoms with E-state index in [2.05, 4.69) is 26.5 Å². The van der Waals surface area contributed by atoms with Crippen molar-refractivity contribution in [2.75, 3.05) is 17.3 Å². The van der Waals surface area contributed by atoms with Crippen LogP contribution in [0, 0.1) is 0 Å². The second-order valence-electron chi connectivity index (χ2n) is 6.49. The molecule has 4 rings (SSSR count). The van der Waals surface area contributed by atoms with Gasteiger partial charge in [0.1, 0.15) is 5.75 Å². The highest BCUT2D eigenvalue weighted by atomic mass is 79.9. The van der Waals surface area contributed by atoms with Gasteiger partial charge >= 0.3 is 0 Å². The van der Waals surface area contributed by atoms with Gasteiger partial charge in [0.2, 0.25) is 6.17 Å².